The van der Waals surface area contributed by atoms with Crippen molar-refractivity contribution in [2.75, 3.05) is 0 Å². The molecular weight excluding hydrogens is 312 g/mol. The number of fused-ring (bicyclic) bond motifs is 2. The van der Waals surface area contributed by atoms with Gasteiger partial charge in [0.05, 0.1) is 11.0 Å². The van der Waals surface area contributed by atoms with Crippen LogP contribution in [-0.2, 0) is 12.8 Å². The third-order valence-electron chi connectivity index (χ3n) is 4.44. The molecule has 4 rings (SSSR count). The molecule has 128 valence electrons. The third-order valence-corrected chi connectivity index (χ3v) is 4.44. The van der Waals surface area contributed by atoms with Crippen molar-refractivity contribution in [2.24, 2.45) is 0 Å². The van der Waals surface area contributed by atoms with Crippen molar-refractivity contribution in [1.29, 1.82) is 0 Å². The van der Waals surface area contributed by atoms with Crippen LogP contribution in [0.4, 0.5) is 0 Å². The quantitative estimate of drug-likeness (QED) is 0.478. The molecule has 0 atom stereocenters. The molecular formula is C19H22N6. The Kier molecular flexibility index (Phi) is 4.68. The number of aromatic amines is 2. The second-order valence-electron chi connectivity index (χ2n) is 6.38. The molecule has 25 heavy (non-hydrogen) atoms. The molecule has 0 amide bonds. The van der Waals surface area contributed by atoms with E-state index >= 15 is 0 Å². The third kappa shape index (κ3) is 3.84. The van der Waals surface area contributed by atoms with Crippen LogP contribution < -0.4 is 0 Å². The normalized spacial score (nSPS) is 11.5. The molecule has 0 unspecified atom stereocenters. The molecule has 6 heteroatoms. The first kappa shape index (κ1) is 15.7. The molecule has 4 aromatic rings. The van der Waals surface area contributed by atoms with Gasteiger partial charge in [-0.3, -0.25) is 0 Å². The Labute approximate surface area is 146 Å². The Morgan fingerprint density at radius 1 is 0.640 bits per heavy atom. The zero-order valence-corrected chi connectivity index (χ0v) is 14.2. The maximum absolute atomic E-state index is 4.52. The Hall–Kier alpha value is -2.76. The number of nitrogens with one attached hydrogen (secondary N) is 2. The van der Waals surface area contributed by atoms with Crippen molar-refractivity contribution < 1.29 is 0 Å². The van der Waals surface area contributed by atoms with Crippen LogP contribution in [-0.4, -0.2) is 29.9 Å². The summed E-state index contributed by atoms with van der Waals surface area (Å²) in [5.41, 5.74) is 3.69. The summed E-state index contributed by atoms with van der Waals surface area (Å²) >= 11 is 0. The zero-order chi connectivity index (χ0) is 16.9. The number of hydrogen-bond donors (Lipinski definition) is 2. The van der Waals surface area contributed by atoms with Gasteiger partial charge in [0.15, 0.2) is 11.3 Å². The topological polar surface area (TPSA) is 83.1 Å². The van der Waals surface area contributed by atoms with Crippen LogP contribution in [0.5, 0.6) is 0 Å². The number of aromatic nitrogens is 6. The van der Waals surface area contributed by atoms with E-state index in [1.54, 1.807) is 12.4 Å². The molecule has 0 aliphatic rings. The molecule has 0 saturated heterocycles. The summed E-state index contributed by atoms with van der Waals surface area (Å²) in [7, 11) is 0. The Balaban J connectivity index is 1.15. The number of H-pyrrole nitrogens is 2. The highest BCUT2D eigenvalue weighted by Gasteiger charge is 2.04. The van der Waals surface area contributed by atoms with E-state index in [1.165, 1.54) is 19.3 Å². The molecule has 0 aromatic carbocycles. The molecule has 4 heterocycles. The maximum atomic E-state index is 4.52. The minimum atomic E-state index is 0.817. The van der Waals surface area contributed by atoms with E-state index in [9.17, 15) is 0 Å². The smallest absolute Gasteiger partial charge is 0.177 e. The second kappa shape index (κ2) is 7.42. The van der Waals surface area contributed by atoms with Gasteiger partial charge in [-0.2, -0.15) is 0 Å². The standard InChI is InChI=1S/C19H22N6/c1(2-4-10-16-22-14-8-6-12-20-18(14)24-16)3-5-11-17-23-15-9-7-13-21-19(15)25-17/h6-9,12-13H,1-5,10-11H2,(H,20,22,24)(H,21,23,25). The molecule has 6 nitrogen and oxygen atoms in total. The minimum absolute atomic E-state index is 0.817. The average molecular weight is 334 g/mol. The van der Waals surface area contributed by atoms with E-state index in [-0.39, 0.29) is 0 Å². The number of unbranched alkanes of at least 4 members (excludes halogenated alkanes) is 4. The molecule has 0 aliphatic carbocycles. The number of hydrogen-bond acceptors (Lipinski definition) is 4. The molecule has 0 bridgehead atoms. The van der Waals surface area contributed by atoms with E-state index in [4.69, 9.17) is 0 Å². The van der Waals surface area contributed by atoms with E-state index in [0.29, 0.717) is 0 Å². The summed E-state index contributed by atoms with van der Waals surface area (Å²) in [6.45, 7) is 0. The molecule has 2 N–H and O–H groups in total. The number of aryl methyl sites for hydroxylation is 2. The fourth-order valence-corrected chi connectivity index (χ4v) is 3.14. The fraction of sp³-hybridized carbons (Fsp3) is 0.368. The molecule has 0 saturated carbocycles. The molecule has 0 fully saturated rings. The molecule has 4 aromatic heterocycles. The Bertz CT molecular complexity index is 811. The summed E-state index contributed by atoms with van der Waals surface area (Å²) in [4.78, 5) is 24.2. The lowest BCUT2D eigenvalue weighted by molar-refractivity contribution is 0.603. The van der Waals surface area contributed by atoms with Gasteiger partial charge in [-0.05, 0) is 37.1 Å². The van der Waals surface area contributed by atoms with Gasteiger partial charge in [0, 0.05) is 25.2 Å². The summed E-state index contributed by atoms with van der Waals surface area (Å²) in [6.07, 6.45) is 11.6. The summed E-state index contributed by atoms with van der Waals surface area (Å²) in [5.74, 6) is 2.09. The summed E-state index contributed by atoms with van der Waals surface area (Å²) < 4.78 is 0. The predicted octanol–water partition coefficient (Wildman–Crippen LogP) is 3.96. The van der Waals surface area contributed by atoms with Crippen LogP contribution >= 0.6 is 0 Å². The average Bonchev–Trinajstić information content (AvgIpc) is 3.23. The van der Waals surface area contributed by atoms with Gasteiger partial charge in [0.2, 0.25) is 0 Å². The van der Waals surface area contributed by atoms with Gasteiger partial charge in [0.25, 0.3) is 0 Å². The van der Waals surface area contributed by atoms with Gasteiger partial charge in [0.1, 0.15) is 11.6 Å². The van der Waals surface area contributed by atoms with Crippen LogP contribution in [0, 0.1) is 0 Å². The van der Waals surface area contributed by atoms with Gasteiger partial charge in [-0.15, -0.1) is 0 Å². The van der Waals surface area contributed by atoms with Crippen molar-refractivity contribution >= 4 is 22.3 Å². The first-order valence-corrected chi connectivity index (χ1v) is 8.98. The number of rotatable bonds is 8. The summed E-state index contributed by atoms with van der Waals surface area (Å²) in [6, 6.07) is 7.91. The fourth-order valence-electron chi connectivity index (χ4n) is 3.14. The maximum Gasteiger partial charge on any atom is 0.177 e. The van der Waals surface area contributed by atoms with E-state index in [2.05, 4.69) is 29.9 Å². The highest BCUT2D eigenvalue weighted by molar-refractivity contribution is 5.70. The number of imidazole rings is 2. The van der Waals surface area contributed by atoms with Crippen molar-refractivity contribution in [1.82, 2.24) is 29.9 Å². The van der Waals surface area contributed by atoms with Crippen molar-refractivity contribution in [2.45, 2.75) is 44.9 Å². The second-order valence-corrected chi connectivity index (χ2v) is 6.38. The van der Waals surface area contributed by atoms with Crippen LogP contribution in [0.2, 0.25) is 0 Å². The van der Waals surface area contributed by atoms with Crippen LogP contribution in [0.25, 0.3) is 22.3 Å². The summed E-state index contributed by atoms with van der Waals surface area (Å²) in [5, 5.41) is 0. The van der Waals surface area contributed by atoms with Crippen molar-refractivity contribution in [3.8, 4) is 0 Å². The van der Waals surface area contributed by atoms with Crippen LogP contribution in [0.3, 0.4) is 0 Å². The lowest BCUT2D eigenvalue weighted by Crippen LogP contribution is -1.91. The first-order valence-electron chi connectivity index (χ1n) is 8.98. The van der Waals surface area contributed by atoms with Crippen molar-refractivity contribution in [3.63, 3.8) is 0 Å². The lowest BCUT2D eigenvalue weighted by Gasteiger charge is -2.00. The van der Waals surface area contributed by atoms with Crippen molar-refractivity contribution in [3.05, 3.63) is 48.3 Å². The predicted molar refractivity (Wildman–Crippen MR) is 98.3 cm³/mol. The molecule has 0 radical (unpaired) electrons. The molecule has 0 aliphatic heterocycles. The van der Waals surface area contributed by atoms with E-state index < -0.39 is 0 Å². The Morgan fingerprint density at radius 3 is 1.60 bits per heavy atom. The highest BCUT2D eigenvalue weighted by Crippen LogP contribution is 2.13. The monoisotopic (exact) mass is 334 g/mol. The van der Waals surface area contributed by atoms with Gasteiger partial charge in [-0.1, -0.05) is 19.3 Å². The minimum Gasteiger partial charge on any atom is -0.341 e. The van der Waals surface area contributed by atoms with E-state index in [1.807, 2.05) is 24.3 Å². The number of pyridine rings is 2. The highest BCUT2D eigenvalue weighted by atomic mass is 15.0. The first-order chi connectivity index (χ1) is 12.4. The lowest BCUT2D eigenvalue weighted by atomic mass is 10.1. The SMILES string of the molecule is c1cnc2nc(CCCCCCCc3nc4ncccc4[nH]3)[nH]c2c1. The number of nitrogens with zero attached hydrogens (tertiary/aromatic N) is 4. The van der Waals surface area contributed by atoms with Crippen LogP contribution in [0.1, 0.15) is 43.8 Å². The molecule has 0 spiro atoms. The zero-order valence-electron chi connectivity index (χ0n) is 14.2. The van der Waals surface area contributed by atoms with Gasteiger partial charge in [-0.25, -0.2) is 19.9 Å². The van der Waals surface area contributed by atoms with Gasteiger partial charge < -0.3 is 9.97 Å². The Morgan fingerprint density at radius 2 is 1.12 bits per heavy atom. The largest absolute Gasteiger partial charge is 0.341 e. The van der Waals surface area contributed by atoms with Gasteiger partial charge >= 0.3 is 0 Å². The van der Waals surface area contributed by atoms with E-state index in [0.717, 1.165) is 59.7 Å². The van der Waals surface area contributed by atoms with Crippen LogP contribution in [0.15, 0.2) is 36.7 Å².